The van der Waals surface area contributed by atoms with Crippen LogP contribution in [0.25, 0.3) is 11.0 Å². The summed E-state index contributed by atoms with van der Waals surface area (Å²) in [7, 11) is 0. The fraction of sp³-hybridized carbons (Fsp3) is 0.556. The van der Waals surface area contributed by atoms with Gasteiger partial charge in [0.15, 0.2) is 0 Å². The smallest absolute Gasteiger partial charge is 0.317 e. The predicted molar refractivity (Wildman–Crippen MR) is 92.0 cm³/mol. The van der Waals surface area contributed by atoms with Crippen LogP contribution >= 0.6 is 0 Å². The number of aromatic amines is 1. The zero-order chi connectivity index (χ0) is 16.5. The number of para-hydroxylation sites is 2. The van der Waals surface area contributed by atoms with Crippen LogP contribution in [0.1, 0.15) is 37.9 Å². The average molecular weight is 328 g/mol. The molecule has 3 heterocycles. The van der Waals surface area contributed by atoms with E-state index in [0.717, 1.165) is 55.8 Å². The minimum Gasteiger partial charge on any atom is -0.376 e. The third-order valence-electron chi connectivity index (χ3n) is 5.26. The molecule has 6 nitrogen and oxygen atoms in total. The monoisotopic (exact) mass is 328 g/mol. The first kappa shape index (κ1) is 15.4. The third-order valence-corrected chi connectivity index (χ3v) is 5.26. The number of benzene rings is 1. The van der Waals surface area contributed by atoms with Gasteiger partial charge >= 0.3 is 6.03 Å². The first-order valence-electron chi connectivity index (χ1n) is 8.82. The van der Waals surface area contributed by atoms with Crippen molar-refractivity contribution in [2.45, 2.75) is 44.2 Å². The van der Waals surface area contributed by atoms with Gasteiger partial charge in [0.2, 0.25) is 0 Å². The number of rotatable bonds is 2. The number of hydrogen-bond acceptors (Lipinski definition) is 3. The number of hydrogen-bond donors (Lipinski definition) is 2. The van der Waals surface area contributed by atoms with Crippen LogP contribution in [0.5, 0.6) is 0 Å². The molecule has 0 aliphatic carbocycles. The molecule has 128 valence electrons. The summed E-state index contributed by atoms with van der Waals surface area (Å²) in [6.45, 7) is 4.30. The molecule has 0 unspecified atom stereocenters. The summed E-state index contributed by atoms with van der Waals surface area (Å²) in [4.78, 5) is 22.5. The number of aromatic nitrogens is 2. The second kappa shape index (κ2) is 6.43. The first-order valence-corrected chi connectivity index (χ1v) is 8.82. The standard InChI is InChI=1S/C18H24N4O2/c1-12-14(8-11-24-12)21-18(23)22-9-6-13(7-10-22)17-19-15-4-2-3-5-16(15)20-17/h2-5,12-14H,6-11H2,1H3,(H,19,20)(H,21,23)/t12-,14-/m1/s1. The van der Waals surface area contributed by atoms with E-state index >= 15 is 0 Å². The Kier molecular flexibility index (Phi) is 4.14. The quantitative estimate of drug-likeness (QED) is 0.890. The summed E-state index contributed by atoms with van der Waals surface area (Å²) in [6, 6.07) is 8.30. The number of fused-ring (bicyclic) bond motifs is 1. The molecule has 0 saturated carbocycles. The molecule has 2 N–H and O–H groups in total. The lowest BCUT2D eigenvalue weighted by atomic mass is 9.96. The molecular weight excluding hydrogens is 304 g/mol. The molecule has 0 radical (unpaired) electrons. The van der Waals surface area contributed by atoms with E-state index in [1.54, 1.807) is 0 Å². The van der Waals surface area contributed by atoms with Crippen molar-refractivity contribution in [1.29, 1.82) is 0 Å². The van der Waals surface area contributed by atoms with Gasteiger partial charge in [-0.2, -0.15) is 0 Å². The Morgan fingerprint density at radius 2 is 2.08 bits per heavy atom. The van der Waals surface area contributed by atoms with Gasteiger partial charge in [0.25, 0.3) is 0 Å². The number of carbonyl (C=O) groups excluding carboxylic acids is 1. The molecule has 4 rings (SSSR count). The van der Waals surface area contributed by atoms with Crippen LogP contribution < -0.4 is 5.32 Å². The van der Waals surface area contributed by atoms with Crippen LogP contribution in [0.2, 0.25) is 0 Å². The predicted octanol–water partition coefficient (Wildman–Crippen LogP) is 2.63. The number of urea groups is 1. The maximum absolute atomic E-state index is 12.4. The van der Waals surface area contributed by atoms with Crippen LogP contribution in [-0.4, -0.2) is 52.7 Å². The molecule has 6 heteroatoms. The molecule has 0 spiro atoms. The Bertz CT molecular complexity index is 688. The van der Waals surface area contributed by atoms with Crippen molar-refractivity contribution in [3.05, 3.63) is 30.1 Å². The highest BCUT2D eigenvalue weighted by Crippen LogP contribution is 2.27. The number of imidazole rings is 1. The highest BCUT2D eigenvalue weighted by atomic mass is 16.5. The number of likely N-dealkylation sites (tertiary alicyclic amines) is 1. The van der Waals surface area contributed by atoms with Crippen LogP contribution in [0, 0.1) is 0 Å². The topological polar surface area (TPSA) is 70.2 Å². The molecule has 2 aromatic rings. The van der Waals surface area contributed by atoms with Gasteiger partial charge in [0.05, 0.1) is 23.2 Å². The highest BCUT2D eigenvalue weighted by molar-refractivity contribution is 5.75. The Morgan fingerprint density at radius 3 is 2.79 bits per heavy atom. The maximum atomic E-state index is 12.4. The van der Waals surface area contributed by atoms with E-state index in [1.165, 1.54) is 0 Å². The van der Waals surface area contributed by atoms with Crippen molar-refractivity contribution in [1.82, 2.24) is 20.2 Å². The molecule has 2 aliphatic heterocycles. The van der Waals surface area contributed by atoms with Gasteiger partial charge in [-0.1, -0.05) is 12.1 Å². The normalized spacial score (nSPS) is 25.3. The Balaban J connectivity index is 1.35. The maximum Gasteiger partial charge on any atom is 0.317 e. The molecule has 24 heavy (non-hydrogen) atoms. The number of ether oxygens (including phenoxy) is 1. The number of nitrogens with zero attached hydrogens (tertiary/aromatic N) is 2. The summed E-state index contributed by atoms with van der Waals surface area (Å²) >= 11 is 0. The largest absolute Gasteiger partial charge is 0.376 e. The molecule has 2 fully saturated rings. The highest BCUT2D eigenvalue weighted by Gasteiger charge is 2.30. The van der Waals surface area contributed by atoms with Crippen molar-refractivity contribution in [2.24, 2.45) is 0 Å². The van der Waals surface area contributed by atoms with E-state index < -0.39 is 0 Å². The van der Waals surface area contributed by atoms with Gasteiger partial charge in [-0.25, -0.2) is 9.78 Å². The summed E-state index contributed by atoms with van der Waals surface area (Å²) in [5.41, 5.74) is 2.10. The fourth-order valence-electron chi connectivity index (χ4n) is 3.69. The van der Waals surface area contributed by atoms with Crippen LogP contribution in [0.4, 0.5) is 4.79 Å². The fourth-order valence-corrected chi connectivity index (χ4v) is 3.69. The zero-order valence-corrected chi connectivity index (χ0v) is 14.0. The summed E-state index contributed by atoms with van der Waals surface area (Å²) in [5, 5.41) is 3.11. The zero-order valence-electron chi connectivity index (χ0n) is 14.0. The van der Waals surface area contributed by atoms with E-state index in [1.807, 2.05) is 30.0 Å². The van der Waals surface area contributed by atoms with Crippen molar-refractivity contribution in [2.75, 3.05) is 19.7 Å². The van der Waals surface area contributed by atoms with E-state index in [2.05, 4.69) is 16.4 Å². The first-order chi connectivity index (χ1) is 11.7. The van der Waals surface area contributed by atoms with Gasteiger partial charge in [0.1, 0.15) is 5.82 Å². The van der Waals surface area contributed by atoms with Crippen molar-refractivity contribution in [3.8, 4) is 0 Å². The van der Waals surface area contributed by atoms with Gasteiger partial charge in [-0.05, 0) is 38.3 Å². The van der Waals surface area contributed by atoms with Crippen molar-refractivity contribution in [3.63, 3.8) is 0 Å². The van der Waals surface area contributed by atoms with Crippen molar-refractivity contribution >= 4 is 17.1 Å². The number of H-pyrrole nitrogens is 1. The van der Waals surface area contributed by atoms with Crippen LogP contribution in [0.3, 0.4) is 0 Å². The van der Waals surface area contributed by atoms with Crippen molar-refractivity contribution < 1.29 is 9.53 Å². The molecule has 2 saturated heterocycles. The van der Waals surface area contributed by atoms with Gasteiger partial charge in [-0.15, -0.1) is 0 Å². The third kappa shape index (κ3) is 2.98. The van der Waals surface area contributed by atoms with Gasteiger partial charge < -0.3 is 19.9 Å². The van der Waals surface area contributed by atoms with Crippen LogP contribution in [0.15, 0.2) is 24.3 Å². The minimum atomic E-state index is 0.0420. The molecule has 2 amide bonds. The summed E-state index contributed by atoms with van der Waals surface area (Å²) < 4.78 is 5.51. The Hall–Kier alpha value is -2.08. The second-order valence-corrected chi connectivity index (χ2v) is 6.82. The summed E-state index contributed by atoms with van der Waals surface area (Å²) in [6.07, 6.45) is 2.91. The number of carbonyl (C=O) groups is 1. The number of amides is 2. The molecule has 2 atom stereocenters. The SMILES string of the molecule is C[C@H]1OCC[C@H]1NC(=O)N1CCC(c2nc3ccccc3[nH]2)CC1. The lowest BCUT2D eigenvalue weighted by Gasteiger charge is -2.32. The Labute approximate surface area is 141 Å². The molecule has 1 aromatic heterocycles. The number of nitrogens with one attached hydrogen (secondary N) is 2. The van der Waals surface area contributed by atoms with E-state index in [-0.39, 0.29) is 18.2 Å². The van der Waals surface area contributed by atoms with E-state index in [4.69, 9.17) is 9.72 Å². The van der Waals surface area contributed by atoms with E-state index in [9.17, 15) is 4.79 Å². The van der Waals surface area contributed by atoms with Gasteiger partial charge in [0, 0.05) is 25.6 Å². The molecule has 1 aromatic carbocycles. The minimum absolute atomic E-state index is 0.0420. The van der Waals surface area contributed by atoms with E-state index in [0.29, 0.717) is 5.92 Å². The van der Waals surface area contributed by atoms with Gasteiger partial charge in [-0.3, -0.25) is 0 Å². The van der Waals surface area contributed by atoms with Crippen LogP contribution in [-0.2, 0) is 4.74 Å². The second-order valence-electron chi connectivity index (χ2n) is 6.82. The number of piperidine rings is 1. The summed E-state index contributed by atoms with van der Waals surface area (Å²) in [5.74, 6) is 1.45. The lowest BCUT2D eigenvalue weighted by Crippen LogP contribution is -2.49. The average Bonchev–Trinajstić information content (AvgIpc) is 3.21. The molecule has 0 bridgehead atoms. The molecule has 2 aliphatic rings. The molecular formula is C18H24N4O2. The Morgan fingerprint density at radius 1 is 1.29 bits per heavy atom. The lowest BCUT2D eigenvalue weighted by molar-refractivity contribution is 0.111.